The van der Waals surface area contributed by atoms with Crippen LogP contribution in [-0.2, 0) is 6.42 Å². The number of aryl methyl sites for hydroxylation is 1. The molecule has 0 bridgehead atoms. The lowest BCUT2D eigenvalue weighted by Gasteiger charge is -2.14. The highest BCUT2D eigenvalue weighted by Gasteiger charge is 2.30. The van der Waals surface area contributed by atoms with Crippen LogP contribution >= 0.6 is 0 Å². The summed E-state index contributed by atoms with van der Waals surface area (Å²) in [5.41, 5.74) is -2.57. The molecule has 0 saturated carbocycles. The number of carbonyl (C=O) groups excluding carboxylic acids is 1. The van der Waals surface area contributed by atoms with Crippen molar-refractivity contribution in [3.63, 3.8) is 0 Å². The van der Waals surface area contributed by atoms with Crippen molar-refractivity contribution in [1.82, 2.24) is 0 Å². The van der Waals surface area contributed by atoms with E-state index in [4.69, 9.17) is 4.42 Å². The second-order valence-electron chi connectivity index (χ2n) is 4.47. The van der Waals surface area contributed by atoms with Crippen LogP contribution in [0.4, 0.5) is 17.6 Å². The molecule has 0 amide bonds. The van der Waals surface area contributed by atoms with E-state index in [9.17, 15) is 27.2 Å². The van der Waals surface area contributed by atoms with Gasteiger partial charge in [-0.15, -0.1) is 0 Å². The van der Waals surface area contributed by atoms with Gasteiger partial charge in [0.15, 0.2) is 23.0 Å². The average Bonchev–Trinajstić information content (AvgIpc) is 2.42. The van der Waals surface area contributed by atoms with Gasteiger partial charge in [-0.3, -0.25) is 9.59 Å². The molecule has 3 nitrogen and oxygen atoms in total. The third-order valence-corrected chi connectivity index (χ3v) is 3.27. The molecule has 20 heavy (non-hydrogen) atoms. The van der Waals surface area contributed by atoms with E-state index in [0.717, 1.165) is 0 Å². The maximum absolute atomic E-state index is 13.6. The summed E-state index contributed by atoms with van der Waals surface area (Å²) in [6.45, 7) is 0. The SMILES string of the molecule is O=C1CCCc2oc3c(F)c(F)c(F)c(F)c3c(=O)c21. The number of hydrogen-bond acceptors (Lipinski definition) is 3. The molecule has 104 valence electrons. The summed E-state index contributed by atoms with van der Waals surface area (Å²) in [4.78, 5) is 23.7. The standard InChI is InChI=1S/C13H6F4O3/c14-8-7-12(19)6-4(18)2-1-3-5(6)20-13(7)11(17)10(16)9(8)15/h1-3H2. The summed E-state index contributed by atoms with van der Waals surface area (Å²) in [5.74, 6) is -8.49. The van der Waals surface area contributed by atoms with E-state index < -0.39 is 51.0 Å². The zero-order chi connectivity index (χ0) is 14.6. The molecule has 0 atom stereocenters. The fourth-order valence-electron chi connectivity index (χ4n) is 2.33. The zero-order valence-corrected chi connectivity index (χ0v) is 9.86. The first-order valence-electron chi connectivity index (χ1n) is 5.78. The van der Waals surface area contributed by atoms with Crippen molar-refractivity contribution < 1.29 is 26.8 Å². The Bertz CT molecular complexity index is 823. The number of benzene rings is 1. The molecule has 0 saturated heterocycles. The summed E-state index contributed by atoms with van der Waals surface area (Å²) in [5, 5.41) is -1.07. The molecular weight excluding hydrogens is 280 g/mol. The Hall–Kier alpha value is -2.18. The molecule has 0 fully saturated rings. The molecule has 2 aromatic rings. The molecule has 0 radical (unpaired) electrons. The van der Waals surface area contributed by atoms with Crippen LogP contribution in [0.25, 0.3) is 11.0 Å². The molecule has 1 aromatic carbocycles. The van der Waals surface area contributed by atoms with Crippen molar-refractivity contribution in [1.29, 1.82) is 0 Å². The predicted molar refractivity (Wildman–Crippen MR) is 59.6 cm³/mol. The van der Waals surface area contributed by atoms with Gasteiger partial charge >= 0.3 is 0 Å². The van der Waals surface area contributed by atoms with Gasteiger partial charge in [-0.05, 0) is 6.42 Å². The first-order chi connectivity index (χ1) is 9.43. The maximum atomic E-state index is 13.6. The number of rotatable bonds is 0. The lowest BCUT2D eigenvalue weighted by Crippen LogP contribution is -2.23. The number of halogens is 4. The van der Waals surface area contributed by atoms with Crippen LogP contribution < -0.4 is 5.43 Å². The lowest BCUT2D eigenvalue weighted by atomic mass is 9.94. The molecule has 3 rings (SSSR count). The van der Waals surface area contributed by atoms with Crippen LogP contribution in [0.1, 0.15) is 29.0 Å². The number of fused-ring (bicyclic) bond motifs is 2. The Kier molecular flexibility index (Phi) is 2.67. The fraction of sp³-hybridized carbons (Fsp3) is 0.231. The third-order valence-electron chi connectivity index (χ3n) is 3.27. The highest BCUT2D eigenvalue weighted by Crippen LogP contribution is 2.29. The molecule has 0 N–H and O–H groups in total. The Balaban J connectivity index is 2.57. The minimum Gasteiger partial charge on any atom is -0.457 e. The van der Waals surface area contributed by atoms with Crippen molar-refractivity contribution in [2.24, 2.45) is 0 Å². The van der Waals surface area contributed by atoms with Crippen molar-refractivity contribution in [2.45, 2.75) is 19.3 Å². The summed E-state index contributed by atoms with van der Waals surface area (Å²) < 4.78 is 58.5. The number of hydrogen-bond donors (Lipinski definition) is 0. The Morgan fingerprint density at radius 1 is 0.850 bits per heavy atom. The lowest BCUT2D eigenvalue weighted by molar-refractivity contribution is 0.0966. The normalized spacial score (nSPS) is 14.7. The van der Waals surface area contributed by atoms with Gasteiger partial charge < -0.3 is 4.42 Å². The van der Waals surface area contributed by atoms with Gasteiger partial charge in [0.05, 0.1) is 0 Å². The van der Waals surface area contributed by atoms with Gasteiger partial charge in [0.25, 0.3) is 0 Å². The van der Waals surface area contributed by atoms with E-state index in [-0.39, 0.29) is 18.6 Å². The van der Waals surface area contributed by atoms with Crippen LogP contribution in [0.5, 0.6) is 0 Å². The van der Waals surface area contributed by atoms with E-state index in [1.807, 2.05) is 0 Å². The number of ketones is 1. The Morgan fingerprint density at radius 3 is 2.20 bits per heavy atom. The Morgan fingerprint density at radius 2 is 1.50 bits per heavy atom. The number of Topliss-reactive ketones (excluding diaryl/α,β-unsaturated/α-hetero) is 1. The highest BCUT2D eigenvalue weighted by atomic mass is 19.2. The van der Waals surface area contributed by atoms with E-state index in [0.29, 0.717) is 6.42 Å². The van der Waals surface area contributed by atoms with Crippen LogP contribution in [-0.4, -0.2) is 5.78 Å². The van der Waals surface area contributed by atoms with Crippen LogP contribution in [0, 0.1) is 23.3 Å². The van der Waals surface area contributed by atoms with Crippen molar-refractivity contribution >= 4 is 16.8 Å². The van der Waals surface area contributed by atoms with E-state index in [2.05, 4.69) is 0 Å². The molecule has 7 heteroatoms. The summed E-state index contributed by atoms with van der Waals surface area (Å²) in [6.07, 6.45) is 0.622. The van der Waals surface area contributed by atoms with Crippen LogP contribution in [0.15, 0.2) is 9.21 Å². The second-order valence-corrected chi connectivity index (χ2v) is 4.47. The molecular formula is C13H6F4O3. The average molecular weight is 286 g/mol. The van der Waals surface area contributed by atoms with E-state index >= 15 is 0 Å². The minimum absolute atomic E-state index is 0.0665. The summed E-state index contributed by atoms with van der Waals surface area (Å²) >= 11 is 0. The van der Waals surface area contributed by atoms with Crippen LogP contribution in [0.2, 0.25) is 0 Å². The summed E-state index contributed by atoms with van der Waals surface area (Å²) in [6, 6.07) is 0. The maximum Gasteiger partial charge on any atom is 0.206 e. The minimum atomic E-state index is -2.11. The van der Waals surface area contributed by atoms with Crippen molar-refractivity contribution in [2.75, 3.05) is 0 Å². The first-order valence-corrected chi connectivity index (χ1v) is 5.78. The van der Waals surface area contributed by atoms with Gasteiger partial charge in [-0.1, -0.05) is 0 Å². The third kappa shape index (κ3) is 1.52. The quantitative estimate of drug-likeness (QED) is 0.425. The van der Waals surface area contributed by atoms with Gasteiger partial charge in [-0.2, -0.15) is 4.39 Å². The van der Waals surface area contributed by atoms with Gasteiger partial charge in [-0.25, -0.2) is 13.2 Å². The highest BCUT2D eigenvalue weighted by molar-refractivity contribution is 6.00. The van der Waals surface area contributed by atoms with Gasteiger partial charge in [0.1, 0.15) is 16.7 Å². The molecule has 0 spiro atoms. The molecule has 1 aliphatic rings. The smallest absolute Gasteiger partial charge is 0.206 e. The zero-order valence-electron chi connectivity index (χ0n) is 9.86. The Labute approximate surface area is 108 Å². The van der Waals surface area contributed by atoms with E-state index in [1.54, 1.807) is 0 Å². The first kappa shape index (κ1) is 12.8. The van der Waals surface area contributed by atoms with Crippen molar-refractivity contribution in [3.05, 3.63) is 44.8 Å². The molecule has 0 unspecified atom stereocenters. The van der Waals surface area contributed by atoms with Crippen molar-refractivity contribution in [3.8, 4) is 0 Å². The fourth-order valence-corrected chi connectivity index (χ4v) is 2.33. The molecule has 1 heterocycles. The van der Waals surface area contributed by atoms with Crippen LogP contribution in [0.3, 0.4) is 0 Å². The summed E-state index contributed by atoms with van der Waals surface area (Å²) in [7, 11) is 0. The van der Waals surface area contributed by atoms with Gasteiger partial charge in [0.2, 0.25) is 17.1 Å². The monoisotopic (exact) mass is 286 g/mol. The van der Waals surface area contributed by atoms with E-state index in [1.165, 1.54) is 0 Å². The second kappa shape index (κ2) is 4.16. The largest absolute Gasteiger partial charge is 0.457 e. The topological polar surface area (TPSA) is 47.3 Å². The molecule has 1 aromatic heterocycles. The predicted octanol–water partition coefficient (Wildman–Crippen LogP) is 2.87. The van der Waals surface area contributed by atoms with Gasteiger partial charge in [0, 0.05) is 12.8 Å². The molecule has 0 aliphatic heterocycles. The number of carbonyl (C=O) groups is 1. The molecule has 1 aliphatic carbocycles.